The largest absolute Gasteiger partial charge is 0.496 e. The minimum Gasteiger partial charge on any atom is -0.496 e. The summed E-state index contributed by atoms with van der Waals surface area (Å²) in [6.45, 7) is 1.95. The van der Waals surface area contributed by atoms with E-state index >= 15 is 0 Å². The highest BCUT2D eigenvalue weighted by Gasteiger charge is 2.17. The highest BCUT2D eigenvalue weighted by molar-refractivity contribution is 5.64. The van der Waals surface area contributed by atoms with Crippen LogP contribution >= 0.6 is 0 Å². The van der Waals surface area contributed by atoms with Crippen LogP contribution in [0, 0.1) is 28.4 Å². The predicted molar refractivity (Wildman–Crippen MR) is 96.0 cm³/mol. The van der Waals surface area contributed by atoms with Gasteiger partial charge in [0, 0.05) is 35.5 Å². The Balaban J connectivity index is 2.38. The normalized spacial score (nSPS) is 9.96. The smallest absolute Gasteiger partial charge is 0.275 e. The Kier molecular flexibility index (Phi) is 5.86. The maximum atomic E-state index is 11.2. The maximum Gasteiger partial charge on any atom is 0.275 e. The van der Waals surface area contributed by atoms with Crippen molar-refractivity contribution in [2.75, 3.05) is 26.6 Å². The predicted octanol–water partition coefficient (Wildman–Crippen LogP) is 3.41. The SMILES string of the molecule is COc1cc(OC)c(OC)cc1CNc1cc(C#N)cc([N+](=O)[O-])c1C. The number of nitrogens with zero attached hydrogens (tertiary/aromatic N) is 2. The van der Waals surface area contributed by atoms with Crippen LogP contribution in [-0.2, 0) is 6.54 Å². The number of rotatable bonds is 7. The minimum atomic E-state index is -0.502. The lowest BCUT2D eigenvalue weighted by Gasteiger charge is -2.16. The van der Waals surface area contributed by atoms with Crippen molar-refractivity contribution in [3.05, 3.63) is 51.1 Å². The van der Waals surface area contributed by atoms with E-state index in [2.05, 4.69) is 5.32 Å². The second-order valence-corrected chi connectivity index (χ2v) is 5.41. The molecule has 0 unspecified atom stereocenters. The van der Waals surface area contributed by atoms with Gasteiger partial charge < -0.3 is 19.5 Å². The summed E-state index contributed by atoms with van der Waals surface area (Å²) in [5.41, 5.74) is 1.84. The van der Waals surface area contributed by atoms with E-state index in [0.29, 0.717) is 35.0 Å². The van der Waals surface area contributed by atoms with Gasteiger partial charge in [-0.2, -0.15) is 5.26 Å². The van der Waals surface area contributed by atoms with Crippen LogP contribution in [0.15, 0.2) is 24.3 Å². The van der Waals surface area contributed by atoms with Crippen LogP contribution in [0.5, 0.6) is 17.2 Å². The lowest BCUT2D eigenvalue weighted by molar-refractivity contribution is -0.385. The fourth-order valence-corrected chi connectivity index (χ4v) is 2.56. The molecule has 0 bridgehead atoms. The van der Waals surface area contributed by atoms with E-state index in [-0.39, 0.29) is 11.3 Å². The minimum absolute atomic E-state index is 0.106. The van der Waals surface area contributed by atoms with Crippen LogP contribution in [0.3, 0.4) is 0 Å². The number of nitro benzene ring substituents is 1. The summed E-state index contributed by atoms with van der Waals surface area (Å²) < 4.78 is 15.9. The Hall–Kier alpha value is -3.47. The summed E-state index contributed by atoms with van der Waals surface area (Å²) in [4.78, 5) is 10.7. The van der Waals surface area contributed by atoms with Gasteiger partial charge in [0.1, 0.15) is 5.75 Å². The highest BCUT2D eigenvalue weighted by Crippen LogP contribution is 2.35. The van der Waals surface area contributed by atoms with Gasteiger partial charge in [0.05, 0.1) is 37.9 Å². The molecule has 0 spiro atoms. The van der Waals surface area contributed by atoms with Gasteiger partial charge in [0.15, 0.2) is 11.5 Å². The number of methoxy groups -OCH3 is 3. The van der Waals surface area contributed by atoms with Crippen LogP contribution < -0.4 is 19.5 Å². The van der Waals surface area contributed by atoms with Gasteiger partial charge in [-0.05, 0) is 19.1 Å². The molecule has 2 aromatic carbocycles. The Morgan fingerprint density at radius 3 is 2.23 bits per heavy atom. The third-order valence-corrected chi connectivity index (χ3v) is 3.96. The molecule has 0 radical (unpaired) electrons. The first-order valence-corrected chi connectivity index (χ1v) is 7.67. The van der Waals surface area contributed by atoms with Crippen molar-refractivity contribution in [2.45, 2.75) is 13.5 Å². The van der Waals surface area contributed by atoms with Gasteiger partial charge in [0.2, 0.25) is 0 Å². The number of nitriles is 1. The number of nitro groups is 1. The van der Waals surface area contributed by atoms with Crippen molar-refractivity contribution >= 4 is 11.4 Å². The third kappa shape index (κ3) is 3.78. The van der Waals surface area contributed by atoms with Crippen molar-refractivity contribution in [3.8, 4) is 23.3 Å². The third-order valence-electron chi connectivity index (χ3n) is 3.96. The molecule has 0 atom stereocenters. The summed E-state index contributed by atoms with van der Waals surface area (Å²) in [7, 11) is 4.60. The standard InChI is InChI=1S/C18H19N3O5/c1-11-14(5-12(9-19)6-15(11)21(22)23)20-10-13-7-17(25-3)18(26-4)8-16(13)24-2/h5-8,20H,10H2,1-4H3. The van der Waals surface area contributed by atoms with Crippen molar-refractivity contribution in [3.63, 3.8) is 0 Å². The molecule has 0 aliphatic carbocycles. The molecule has 2 aromatic rings. The molecular formula is C18H19N3O5. The molecule has 0 aromatic heterocycles. The zero-order valence-electron chi connectivity index (χ0n) is 15.0. The van der Waals surface area contributed by atoms with Gasteiger partial charge in [0.25, 0.3) is 5.69 Å². The highest BCUT2D eigenvalue weighted by atomic mass is 16.6. The molecule has 1 N–H and O–H groups in total. The van der Waals surface area contributed by atoms with Crippen molar-refractivity contribution < 1.29 is 19.1 Å². The molecule has 8 heteroatoms. The molecule has 0 saturated heterocycles. The van der Waals surface area contributed by atoms with Gasteiger partial charge in [-0.15, -0.1) is 0 Å². The quantitative estimate of drug-likeness (QED) is 0.597. The first-order valence-electron chi connectivity index (χ1n) is 7.67. The van der Waals surface area contributed by atoms with Crippen LogP contribution in [0.2, 0.25) is 0 Å². The number of hydrogen-bond donors (Lipinski definition) is 1. The Morgan fingerprint density at radius 1 is 1.08 bits per heavy atom. The zero-order valence-corrected chi connectivity index (χ0v) is 15.0. The van der Waals surface area contributed by atoms with Crippen LogP contribution in [0.25, 0.3) is 0 Å². The van der Waals surface area contributed by atoms with Crippen LogP contribution in [0.4, 0.5) is 11.4 Å². The van der Waals surface area contributed by atoms with E-state index in [1.807, 2.05) is 6.07 Å². The van der Waals surface area contributed by atoms with E-state index in [1.54, 1.807) is 25.1 Å². The number of nitrogens with one attached hydrogen (secondary N) is 1. The number of ether oxygens (including phenoxy) is 3. The molecule has 26 heavy (non-hydrogen) atoms. The van der Waals surface area contributed by atoms with Gasteiger partial charge in [-0.25, -0.2) is 0 Å². The molecule has 2 rings (SSSR count). The molecule has 0 heterocycles. The summed E-state index contributed by atoms with van der Waals surface area (Å²) in [5, 5.41) is 23.4. The fourth-order valence-electron chi connectivity index (χ4n) is 2.56. The Morgan fingerprint density at radius 2 is 1.69 bits per heavy atom. The van der Waals surface area contributed by atoms with Crippen molar-refractivity contribution in [1.82, 2.24) is 0 Å². The van der Waals surface area contributed by atoms with Gasteiger partial charge >= 0.3 is 0 Å². The Labute approximate surface area is 151 Å². The lowest BCUT2D eigenvalue weighted by Crippen LogP contribution is -2.06. The van der Waals surface area contributed by atoms with E-state index in [1.165, 1.54) is 27.4 Å². The zero-order chi connectivity index (χ0) is 19.3. The second kappa shape index (κ2) is 8.07. The van der Waals surface area contributed by atoms with E-state index in [9.17, 15) is 10.1 Å². The average Bonchev–Trinajstić information content (AvgIpc) is 2.65. The van der Waals surface area contributed by atoms with Gasteiger partial charge in [-0.1, -0.05) is 0 Å². The summed E-state index contributed by atoms with van der Waals surface area (Å²) in [6.07, 6.45) is 0. The molecule has 136 valence electrons. The maximum absolute atomic E-state index is 11.2. The molecular weight excluding hydrogens is 338 g/mol. The van der Waals surface area contributed by atoms with Crippen molar-refractivity contribution in [2.24, 2.45) is 0 Å². The van der Waals surface area contributed by atoms with Crippen LogP contribution in [-0.4, -0.2) is 26.3 Å². The number of hydrogen-bond acceptors (Lipinski definition) is 7. The summed E-state index contributed by atoms with van der Waals surface area (Å²) in [6, 6.07) is 8.25. The van der Waals surface area contributed by atoms with Crippen LogP contribution in [0.1, 0.15) is 16.7 Å². The Bertz CT molecular complexity index is 874. The molecule has 0 aliphatic heterocycles. The fraction of sp³-hybridized carbons (Fsp3) is 0.278. The number of benzene rings is 2. The molecule has 0 saturated carbocycles. The van der Waals surface area contributed by atoms with E-state index in [4.69, 9.17) is 19.5 Å². The first-order chi connectivity index (χ1) is 12.4. The summed E-state index contributed by atoms with van der Waals surface area (Å²) >= 11 is 0. The van der Waals surface area contributed by atoms with E-state index < -0.39 is 4.92 Å². The molecule has 0 fully saturated rings. The monoisotopic (exact) mass is 357 g/mol. The molecule has 8 nitrogen and oxygen atoms in total. The molecule has 0 amide bonds. The summed E-state index contributed by atoms with van der Waals surface area (Å²) in [5.74, 6) is 1.66. The first kappa shape index (κ1) is 18.9. The lowest BCUT2D eigenvalue weighted by atomic mass is 10.1. The van der Waals surface area contributed by atoms with E-state index in [0.717, 1.165) is 5.56 Å². The molecule has 0 aliphatic rings. The average molecular weight is 357 g/mol. The van der Waals surface area contributed by atoms with Crippen molar-refractivity contribution in [1.29, 1.82) is 5.26 Å². The number of anilines is 1. The van der Waals surface area contributed by atoms with Gasteiger partial charge in [-0.3, -0.25) is 10.1 Å². The topological polar surface area (TPSA) is 107 Å². The second-order valence-electron chi connectivity index (χ2n) is 5.41.